The molecule has 0 unspecified atom stereocenters. The van der Waals surface area contributed by atoms with Gasteiger partial charge in [0.05, 0.1) is 5.70 Å². The molecule has 2 aromatic carbocycles. The third kappa shape index (κ3) is 5.66. The Morgan fingerprint density at radius 1 is 1.11 bits per heavy atom. The molecule has 0 fully saturated rings. The average molecular weight is 395 g/mol. The van der Waals surface area contributed by atoms with Crippen LogP contribution in [0.25, 0.3) is 5.70 Å². The second-order valence-corrected chi connectivity index (χ2v) is 5.24. The highest BCUT2D eigenvalue weighted by Gasteiger charge is 2.31. The first-order chi connectivity index (χ1) is 13.2. The number of benzene rings is 2. The van der Waals surface area contributed by atoms with Gasteiger partial charge in [-0.25, -0.2) is 5.48 Å². The van der Waals surface area contributed by atoms with Crippen molar-refractivity contribution in [1.29, 1.82) is 0 Å². The maximum Gasteiger partial charge on any atom is 0.573 e. The van der Waals surface area contributed by atoms with Gasteiger partial charge >= 0.3 is 6.36 Å². The van der Waals surface area contributed by atoms with Gasteiger partial charge in [-0.2, -0.15) is 0 Å². The van der Waals surface area contributed by atoms with E-state index in [1.165, 1.54) is 19.2 Å². The molecule has 0 aliphatic rings. The summed E-state index contributed by atoms with van der Waals surface area (Å²) in [5, 5.41) is 3.61. The SMILES string of the molecule is C=C(NOc1cccc(OC(F)(F)F)c1)c1ccccc1C(=NOC)C(N)=O. The van der Waals surface area contributed by atoms with Gasteiger partial charge in [0.1, 0.15) is 12.9 Å². The Labute approximate surface area is 158 Å². The predicted octanol–water partition coefficient (Wildman–Crippen LogP) is 2.98. The zero-order chi connectivity index (χ0) is 20.7. The summed E-state index contributed by atoms with van der Waals surface area (Å²) in [6, 6.07) is 11.4. The van der Waals surface area contributed by atoms with E-state index in [1.807, 2.05) is 0 Å². The minimum Gasteiger partial charge on any atom is -0.406 e. The summed E-state index contributed by atoms with van der Waals surface area (Å²) < 4.78 is 40.7. The van der Waals surface area contributed by atoms with Crippen molar-refractivity contribution < 1.29 is 32.4 Å². The van der Waals surface area contributed by atoms with Crippen LogP contribution in [0.1, 0.15) is 11.1 Å². The molecule has 0 bridgehead atoms. The van der Waals surface area contributed by atoms with Gasteiger partial charge in [0.25, 0.3) is 5.91 Å². The maximum atomic E-state index is 12.3. The van der Waals surface area contributed by atoms with Gasteiger partial charge in [0.15, 0.2) is 11.5 Å². The number of nitrogens with two attached hydrogens (primary N) is 1. The van der Waals surface area contributed by atoms with Crippen LogP contribution in [0.2, 0.25) is 0 Å². The molecule has 10 heteroatoms. The Hall–Kier alpha value is -3.69. The van der Waals surface area contributed by atoms with Crippen molar-refractivity contribution in [2.24, 2.45) is 10.9 Å². The van der Waals surface area contributed by atoms with E-state index < -0.39 is 18.0 Å². The fourth-order valence-corrected chi connectivity index (χ4v) is 2.18. The number of ether oxygens (including phenoxy) is 1. The van der Waals surface area contributed by atoms with Crippen molar-refractivity contribution in [3.05, 3.63) is 66.2 Å². The van der Waals surface area contributed by atoms with Gasteiger partial charge in [-0.1, -0.05) is 42.1 Å². The lowest BCUT2D eigenvalue weighted by Crippen LogP contribution is -2.26. The van der Waals surface area contributed by atoms with Gasteiger partial charge < -0.3 is 20.1 Å². The summed E-state index contributed by atoms with van der Waals surface area (Å²) in [7, 11) is 1.26. The number of amides is 1. The number of carbonyl (C=O) groups is 1. The van der Waals surface area contributed by atoms with E-state index in [9.17, 15) is 18.0 Å². The monoisotopic (exact) mass is 395 g/mol. The molecule has 28 heavy (non-hydrogen) atoms. The van der Waals surface area contributed by atoms with Crippen molar-refractivity contribution in [3.8, 4) is 11.5 Å². The highest BCUT2D eigenvalue weighted by Crippen LogP contribution is 2.26. The largest absolute Gasteiger partial charge is 0.573 e. The summed E-state index contributed by atoms with van der Waals surface area (Å²) in [6.45, 7) is 3.79. The van der Waals surface area contributed by atoms with Gasteiger partial charge in [0, 0.05) is 17.2 Å². The maximum absolute atomic E-state index is 12.3. The molecule has 0 aliphatic carbocycles. The number of oxime groups is 1. The Kier molecular flexibility index (Phi) is 6.48. The number of alkyl halides is 3. The van der Waals surface area contributed by atoms with E-state index >= 15 is 0 Å². The summed E-state index contributed by atoms with van der Waals surface area (Å²) >= 11 is 0. The van der Waals surface area contributed by atoms with Crippen LogP contribution in [0.4, 0.5) is 13.2 Å². The van der Waals surface area contributed by atoms with Crippen LogP contribution in [-0.2, 0) is 9.63 Å². The lowest BCUT2D eigenvalue weighted by atomic mass is 10.0. The van der Waals surface area contributed by atoms with Gasteiger partial charge in [0.2, 0.25) is 0 Å². The molecular weight excluding hydrogens is 379 g/mol. The molecule has 0 aromatic heterocycles. The van der Waals surface area contributed by atoms with Crippen molar-refractivity contribution in [3.63, 3.8) is 0 Å². The van der Waals surface area contributed by atoms with E-state index in [0.29, 0.717) is 11.1 Å². The fraction of sp³-hybridized carbons (Fsp3) is 0.111. The van der Waals surface area contributed by atoms with Gasteiger partial charge in [-0.3, -0.25) is 4.79 Å². The highest BCUT2D eigenvalue weighted by atomic mass is 19.4. The Bertz CT molecular complexity index is 898. The van der Waals surface area contributed by atoms with Gasteiger partial charge in [-0.15, -0.1) is 13.2 Å². The molecule has 3 N–H and O–H groups in total. The van der Waals surface area contributed by atoms with Crippen molar-refractivity contribution >= 4 is 17.3 Å². The zero-order valence-corrected chi connectivity index (χ0v) is 14.6. The van der Waals surface area contributed by atoms with Crippen LogP contribution < -0.4 is 20.8 Å². The minimum absolute atomic E-state index is 0.0427. The van der Waals surface area contributed by atoms with Crippen LogP contribution in [-0.4, -0.2) is 25.1 Å². The molecule has 0 saturated heterocycles. The molecule has 0 atom stereocenters. The third-order valence-electron chi connectivity index (χ3n) is 3.25. The van der Waals surface area contributed by atoms with Crippen LogP contribution >= 0.6 is 0 Å². The summed E-state index contributed by atoms with van der Waals surface area (Å²) in [5.74, 6) is -1.22. The second-order valence-electron chi connectivity index (χ2n) is 5.24. The standard InChI is InChI=1S/C18H16F3N3O4/c1-11(14-8-3-4-9-15(14)16(17(22)25)24-26-2)23-28-13-7-5-6-12(10-13)27-18(19,20)21/h3-10,23H,1H2,2H3,(H2,22,25). The molecule has 1 amide bonds. The number of hydrogen-bond acceptors (Lipinski definition) is 6. The first-order valence-corrected chi connectivity index (χ1v) is 7.69. The number of hydrogen-bond donors (Lipinski definition) is 2. The zero-order valence-electron chi connectivity index (χ0n) is 14.6. The summed E-state index contributed by atoms with van der Waals surface area (Å²) in [5.41, 5.74) is 8.62. The Morgan fingerprint density at radius 3 is 2.36 bits per heavy atom. The van der Waals surface area contributed by atoms with Crippen molar-refractivity contribution in [2.45, 2.75) is 6.36 Å². The highest BCUT2D eigenvalue weighted by molar-refractivity contribution is 6.45. The van der Waals surface area contributed by atoms with Crippen LogP contribution in [0.15, 0.2) is 60.3 Å². The summed E-state index contributed by atoms with van der Waals surface area (Å²) in [4.78, 5) is 21.5. The molecule has 148 valence electrons. The van der Waals surface area contributed by atoms with E-state index in [-0.39, 0.29) is 17.2 Å². The van der Waals surface area contributed by atoms with E-state index in [0.717, 1.165) is 12.1 Å². The summed E-state index contributed by atoms with van der Waals surface area (Å²) in [6.07, 6.45) is -4.82. The fourth-order valence-electron chi connectivity index (χ4n) is 2.18. The van der Waals surface area contributed by atoms with Crippen LogP contribution in [0, 0.1) is 0 Å². The number of halogens is 3. The molecule has 0 saturated carbocycles. The predicted molar refractivity (Wildman–Crippen MR) is 95.1 cm³/mol. The molecule has 2 rings (SSSR count). The normalized spacial score (nSPS) is 11.5. The molecule has 0 heterocycles. The lowest BCUT2D eigenvalue weighted by Gasteiger charge is -2.15. The Balaban J connectivity index is 2.18. The topological polar surface area (TPSA) is 95.2 Å². The van der Waals surface area contributed by atoms with Gasteiger partial charge in [-0.05, 0) is 12.1 Å². The van der Waals surface area contributed by atoms with E-state index in [2.05, 4.69) is 26.8 Å². The van der Waals surface area contributed by atoms with Crippen molar-refractivity contribution in [2.75, 3.05) is 7.11 Å². The quantitative estimate of drug-likeness (QED) is 0.529. The van der Waals surface area contributed by atoms with Crippen molar-refractivity contribution in [1.82, 2.24) is 5.48 Å². The minimum atomic E-state index is -4.82. The molecule has 0 spiro atoms. The molecular formula is C18H16F3N3O4. The second kappa shape index (κ2) is 8.80. The van der Waals surface area contributed by atoms with Crippen LogP contribution in [0.3, 0.4) is 0 Å². The number of nitrogens with zero attached hydrogens (tertiary/aromatic N) is 1. The lowest BCUT2D eigenvalue weighted by molar-refractivity contribution is -0.274. The number of nitrogens with one attached hydrogen (secondary N) is 1. The van der Waals surface area contributed by atoms with E-state index in [4.69, 9.17) is 10.6 Å². The first-order valence-electron chi connectivity index (χ1n) is 7.69. The third-order valence-corrected chi connectivity index (χ3v) is 3.25. The Morgan fingerprint density at radius 2 is 1.75 bits per heavy atom. The number of rotatable bonds is 8. The molecule has 0 radical (unpaired) electrons. The number of hydroxylamine groups is 1. The smallest absolute Gasteiger partial charge is 0.406 e. The average Bonchev–Trinajstić information content (AvgIpc) is 2.63. The van der Waals surface area contributed by atoms with E-state index in [1.54, 1.807) is 24.3 Å². The molecule has 7 nitrogen and oxygen atoms in total. The number of primary amides is 1. The van der Waals surface area contributed by atoms with Crippen LogP contribution in [0.5, 0.6) is 11.5 Å². The first kappa shape index (κ1) is 20.6. The molecule has 0 aliphatic heterocycles. The number of carbonyl (C=O) groups excluding carboxylic acids is 1. The molecule has 2 aromatic rings.